The lowest BCUT2D eigenvalue weighted by Gasteiger charge is -2.34. The molecule has 1 aromatic heterocycles. The van der Waals surface area contributed by atoms with E-state index in [1.165, 1.54) is 4.90 Å². The molecule has 9 nitrogen and oxygen atoms in total. The van der Waals surface area contributed by atoms with Crippen LogP contribution in [0.25, 0.3) is 0 Å². The minimum atomic E-state index is -1.48. The molecule has 2 amide bonds. The fourth-order valence-electron chi connectivity index (χ4n) is 2.91. The van der Waals surface area contributed by atoms with Gasteiger partial charge in [0.15, 0.2) is 5.78 Å². The van der Waals surface area contributed by atoms with Crippen LogP contribution in [0.1, 0.15) is 31.4 Å². The Morgan fingerprint density at radius 2 is 2.11 bits per heavy atom. The molecule has 1 saturated heterocycles. The number of ketones is 1. The standard InChI is InChI=1S/C18H22FN3O6/c19-10-15(23)13(9-16(24)25)21-17(26)14-6-2-4-8-22(14)18(27)28-11-12-5-1-3-7-20-12/h1,3,5,7,13-14H,2,4,6,8-11H2,(H,21,26)(H,24,25)/t13-,14-/m0/s1. The number of nitrogens with zero attached hydrogens (tertiary/aromatic N) is 2. The summed E-state index contributed by atoms with van der Waals surface area (Å²) in [5, 5.41) is 11.1. The average molecular weight is 395 g/mol. The summed E-state index contributed by atoms with van der Waals surface area (Å²) in [6, 6.07) is 2.75. The number of carboxylic acid groups (broad SMARTS) is 1. The molecular weight excluding hydrogens is 373 g/mol. The van der Waals surface area contributed by atoms with Crippen molar-refractivity contribution < 1.29 is 33.4 Å². The summed E-state index contributed by atoms with van der Waals surface area (Å²) in [5.74, 6) is -3.08. The Morgan fingerprint density at radius 1 is 1.32 bits per heavy atom. The van der Waals surface area contributed by atoms with E-state index in [-0.39, 0.29) is 13.2 Å². The van der Waals surface area contributed by atoms with Gasteiger partial charge >= 0.3 is 12.1 Å². The zero-order chi connectivity index (χ0) is 20.5. The van der Waals surface area contributed by atoms with Crippen molar-refractivity contribution in [3.05, 3.63) is 30.1 Å². The van der Waals surface area contributed by atoms with Crippen LogP contribution in [-0.4, -0.2) is 64.0 Å². The molecule has 1 aliphatic rings. The lowest BCUT2D eigenvalue weighted by atomic mass is 10.0. The number of pyridine rings is 1. The third kappa shape index (κ3) is 6.00. The van der Waals surface area contributed by atoms with Gasteiger partial charge in [0.2, 0.25) is 5.91 Å². The molecule has 2 N–H and O–H groups in total. The second-order valence-electron chi connectivity index (χ2n) is 6.34. The molecule has 0 spiro atoms. The van der Waals surface area contributed by atoms with Gasteiger partial charge in [-0.2, -0.15) is 0 Å². The molecule has 0 bridgehead atoms. The number of carboxylic acids is 1. The quantitative estimate of drug-likeness (QED) is 0.674. The van der Waals surface area contributed by atoms with Gasteiger partial charge in [0.1, 0.15) is 25.4 Å². The van der Waals surface area contributed by atoms with Gasteiger partial charge in [-0.05, 0) is 31.4 Å². The highest BCUT2D eigenvalue weighted by Gasteiger charge is 2.35. The molecule has 2 rings (SSSR count). The van der Waals surface area contributed by atoms with Crippen molar-refractivity contribution in [2.45, 2.75) is 44.4 Å². The number of ether oxygens (including phenoxy) is 1. The van der Waals surface area contributed by atoms with Crippen LogP contribution in [0.4, 0.5) is 9.18 Å². The Hall–Kier alpha value is -3.04. The van der Waals surface area contributed by atoms with Gasteiger partial charge in [-0.3, -0.25) is 24.3 Å². The van der Waals surface area contributed by atoms with E-state index in [1.807, 2.05) is 0 Å². The van der Waals surface area contributed by atoms with E-state index < -0.39 is 48.9 Å². The number of aliphatic carboxylic acids is 1. The molecule has 2 heterocycles. The normalized spacial score (nSPS) is 17.5. The molecular formula is C18H22FN3O6. The number of hydrogen-bond acceptors (Lipinski definition) is 6. The van der Waals surface area contributed by atoms with Crippen LogP contribution >= 0.6 is 0 Å². The predicted molar refractivity (Wildman–Crippen MR) is 93.9 cm³/mol. The number of Topliss-reactive ketones (excluding diaryl/α,β-unsaturated/α-hetero) is 1. The monoisotopic (exact) mass is 395 g/mol. The van der Waals surface area contributed by atoms with E-state index in [9.17, 15) is 23.6 Å². The summed E-state index contributed by atoms with van der Waals surface area (Å²) in [6.07, 6.45) is 1.79. The second-order valence-corrected chi connectivity index (χ2v) is 6.34. The van der Waals surface area contributed by atoms with E-state index in [0.29, 0.717) is 25.0 Å². The van der Waals surface area contributed by atoms with E-state index in [4.69, 9.17) is 9.84 Å². The molecule has 1 aromatic rings. The molecule has 28 heavy (non-hydrogen) atoms. The summed E-state index contributed by atoms with van der Waals surface area (Å²) in [6.45, 7) is -1.18. The molecule has 0 aromatic carbocycles. The Bertz CT molecular complexity index is 715. The van der Waals surface area contributed by atoms with Crippen LogP contribution in [0.3, 0.4) is 0 Å². The number of likely N-dealkylation sites (tertiary alicyclic amines) is 1. The van der Waals surface area contributed by atoms with Crippen molar-refractivity contribution in [3.63, 3.8) is 0 Å². The summed E-state index contributed by atoms with van der Waals surface area (Å²) in [4.78, 5) is 52.7. The number of carbonyl (C=O) groups excluding carboxylic acids is 3. The molecule has 10 heteroatoms. The summed E-state index contributed by atoms with van der Waals surface area (Å²) >= 11 is 0. The van der Waals surface area contributed by atoms with Crippen molar-refractivity contribution in [2.75, 3.05) is 13.2 Å². The Morgan fingerprint density at radius 3 is 2.75 bits per heavy atom. The minimum absolute atomic E-state index is 0.0630. The SMILES string of the molecule is O=C(O)C[C@H](NC(=O)[C@@H]1CCCCN1C(=O)OCc1ccccn1)C(=O)CF. The Labute approximate surface area is 160 Å². The van der Waals surface area contributed by atoms with Crippen LogP contribution in [0.2, 0.25) is 0 Å². The van der Waals surface area contributed by atoms with Gasteiger partial charge in [0.25, 0.3) is 0 Å². The van der Waals surface area contributed by atoms with Crippen LogP contribution in [-0.2, 0) is 25.7 Å². The van der Waals surface area contributed by atoms with Crippen molar-refractivity contribution in [1.29, 1.82) is 0 Å². The first-order valence-electron chi connectivity index (χ1n) is 8.86. The molecule has 152 valence electrons. The highest BCUT2D eigenvalue weighted by Crippen LogP contribution is 2.19. The van der Waals surface area contributed by atoms with Gasteiger partial charge < -0.3 is 15.2 Å². The highest BCUT2D eigenvalue weighted by atomic mass is 19.1. The summed E-state index contributed by atoms with van der Waals surface area (Å²) < 4.78 is 17.9. The molecule has 0 radical (unpaired) electrons. The van der Waals surface area contributed by atoms with E-state index >= 15 is 0 Å². The van der Waals surface area contributed by atoms with Crippen molar-refractivity contribution in [3.8, 4) is 0 Å². The topological polar surface area (TPSA) is 126 Å². The maximum absolute atomic E-state index is 12.7. The van der Waals surface area contributed by atoms with Crippen LogP contribution in [0, 0.1) is 0 Å². The van der Waals surface area contributed by atoms with Gasteiger partial charge in [0.05, 0.1) is 12.1 Å². The Kier molecular flexibility index (Phi) is 7.85. The van der Waals surface area contributed by atoms with Gasteiger partial charge in [-0.1, -0.05) is 6.07 Å². The lowest BCUT2D eigenvalue weighted by Crippen LogP contribution is -2.55. The third-order valence-electron chi connectivity index (χ3n) is 4.33. The van der Waals surface area contributed by atoms with Crippen LogP contribution in [0.5, 0.6) is 0 Å². The fraction of sp³-hybridized carbons (Fsp3) is 0.500. The summed E-state index contributed by atoms with van der Waals surface area (Å²) in [5.41, 5.74) is 0.545. The number of rotatable bonds is 8. The maximum Gasteiger partial charge on any atom is 0.410 e. The zero-order valence-electron chi connectivity index (χ0n) is 15.2. The number of alkyl halides is 1. The minimum Gasteiger partial charge on any atom is -0.481 e. The number of aromatic nitrogens is 1. The van der Waals surface area contributed by atoms with Gasteiger partial charge in [0, 0.05) is 12.7 Å². The number of amides is 2. The van der Waals surface area contributed by atoms with E-state index in [0.717, 1.165) is 0 Å². The molecule has 1 aliphatic heterocycles. The maximum atomic E-state index is 12.7. The lowest BCUT2D eigenvalue weighted by molar-refractivity contribution is -0.140. The summed E-state index contributed by atoms with van der Waals surface area (Å²) in [7, 11) is 0. The first kappa shape index (κ1) is 21.3. The molecule has 0 unspecified atom stereocenters. The highest BCUT2D eigenvalue weighted by molar-refractivity contribution is 5.94. The average Bonchev–Trinajstić information content (AvgIpc) is 2.71. The number of carbonyl (C=O) groups is 4. The first-order chi connectivity index (χ1) is 13.4. The third-order valence-corrected chi connectivity index (χ3v) is 4.33. The van der Waals surface area contributed by atoms with Crippen molar-refractivity contribution in [2.24, 2.45) is 0 Å². The molecule has 0 saturated carbocycles. The van der Waals surface area contributed by atoms with Gasteiger partial charge in [-0.25, -0.2) is 9.18 Å². The van der Waals surface area contributed by atoms with Gasteiger partial charge in [-0.15, -0.1) is 0 Å². The second kappa shape index (κ2) is 10.3. The smallest absolute Gasteiger partial charge is 0.410 e. The number of halogens is 1. The molecule has 1 fully saturated rings. The molecule has 0 aliphatic carbocycles. The van der Waals surface area contributed by atoms with Crippen LogP contribution < -0.4 is 5.32 Å². The largest absolute Gasteiger partial charge is 0.481 e. The van der Waals surface area contributed by atoms with E-state index in [1.54, 1.807) is 24.4 Å². The van der Waals surface area contributed by atoms with Crippen molar-refractivity contribution >= 4 is 23.8 Å². The Balaban J connectivity index is 2.01. The number of piperidine rings is 1. The predicted octanol–water partition coefficient (Wildman–Crippen LogP) is 1.07. The number of hydrogen-bond donors (Lipinski definition) is 2. The van der Waals surface area contributed by atoms with E-state index in [2.05, 4.69) is 10.3 Å². The fourth-order valence-corrected chi connectivity index (χ4v) is 2.91. The van der Waals surface area contributed by atoms with Crippen molar-refractivity contribution in [1.82, 2.24) is 15.2 Å². The molecule has 2 atom stereocenters. The number of nitrogens with one attached hydrogen (secondary N) is 1. The first-order valence-corrected chi connectivity index (χ1v) is 8.86. The van der Waals surface area contributed by atoms with Crippen LogP contribution in [0.15, 0.2) is 24.4 Å². The zero-order valence-corrected chi connectivity index (χ0v) is 15.2.